The summed E-state index contributed by atoms with van der Waals surface area (Å²) < 4.78 is 2.20. The zero-order valence-corrected chi connectivity index (χ0v) is 14.9. The lowest BCUT2D eigenvalue weighted by molar-refractivity contribution is -0.112. The number of rotatable bonds is 0. The molecule has 2 N–H and O–H groups in total. The Morgan fingerprint density at radius 2 is 1.04 bits per heavy atom. The first-order valence-electron chi connectivity index (χ1n) is 8.13. The molecule has 0 bridgehead atoms. The van der Waals surface area contributed by atoms with Gasteiger partial charge in [-0.15, -0.1) is 22.7 Å². The van der Waals surface area contributed by atoms with Gasteiger partial charge in [0, 0.05) is 20.2 Å². The lowest BCUT2D eigenvalue weighted by Gasteiger charge is -2.00. The molecule has 0 radical (unpaired) electrons. The number of benzene rings is 2. The Morgan fingerprint density at radius 3 is 1.50 bits per heavy atom. The van der Waals surface area contributed by atoms with Crippen molar-refractivity contribution in [3.8, 4) is 0 Å². The van der Waals surface area contributed by atoms with Crippen molar-refractivity contribution in [2.45, 2.75) is 0 Å². The molecular weight excluding hydrogens is 364 g/mol. The van der Waals surface area contributed by atoms with Crippen LogP contribution < -0.4 is 10.6 Å². The van der Waals surface area contributed by atoms with E-state index in [-0.39, 0.29) is 11.8 Å². The van der Waals surface area contributed by atoms with E-state index in [0.29, 0.717) is 11.1 Å². The van der Waals surface area contributed by atoms with Crippen LogP contribution in [0.2, 0.25) is 0 Å². The van der Waals surface area contributed by atoms with Crippen LogP contribution in [0.5, 0.6) is 0 Å². The van der Waals surface area contributed by atoms with Crippen molar-refractivity contribution in [1.29, 1.82) is 0 Å². The number of hydrogen-bond acceptors (Lipinski definition) is 4. The van der Waals surface area contributed by atoms with Gasteiger partial charge < -0.3 is 10.6 Å². The van der Waals surface area contributed by atoms with Crippen LogP contribution in [-0.4, -0.2) is 11.8 Å². The summed E-state index contributed by atoms with van der Waals surface area (Å²) in [5.74, 6) is -0.403. The Morgan fingerprint density at radius 1 is 0.615 bits per heavy atom. The van der Waals surface area contributed by atoms with E-state index in [1.54, 1.807) is 22.7 Å². The van der Waals surface area contributed by atoms with Gasteiger partial charge in [-0.1, -0.05) is 36.4 Å². The standard InChI is InChI=1S/C20H10N2O2S2/c23-19-13(17-15(21-19)9-5-1-3-7-11(9)25-17)14-18-16(22-20(14)24)10-6-2-4-8-12(10)26-18/h1-8H,(H,21,23)(H,22,24). The van der Waals surface area contributed by atoms with E-state index in [1.807, 2.05) is 48.5 Å². The molecule has 0 saturated carbocycles. The molecule has 0 aliphatic carbocycles. The predicted octanol–water partition coefficient (Wildman–Crippen LogP) is 4.93. The van der Waals surface area contributed by atoms with Crippen molar-refractivity contribution < 1.29 is 9.59 Å². The van der Waals surface area contributed by atoms with Crippen molar-refractivity contribution in [2.75, 3.05) is 10.6 Å². The smallest absolute Gasteiger partial charge is 0.258 e. The number of anilines is 2. The highest BCUT2D eigenvalue weighted by molar-refractivity contribution is 7.23. The fourth-order valence-corrected chi connectivity index (χ4v) is 6.12. The summed E-state index contributed by atoms with van der Waals surface area (Å²) in [5, 5.41) is 7.98. The summed E-state index contributed by atoms with van der Waals surface area (Å²) in [6.45, 7) is 0. The Hall–Kier alpha value is -2.96. The molecule has 4 aromatic rings. The molecule has 26 heavy (non-hydrogen) atoms. The lowest BCUT2D eigenvalue weighted by atomic mass is 10.1. The highest BCUT2D eigenvalue weighted by atomic mass is 32.1. The third kappa shape index (κ3) is 1.67. The van der Waals surface area contributed by atoms with Crippen LogP contribution >= 0.6 is 22.7 Å². The topological polar surface area (TPSA) is 58.2 Å². The second-order valence-corrected chi connectivity index (χ2v) is 8.37. The van der Waals surface area contributed by atoms with Gasteiger partial charge in [0.25, 0.3) is 11.8 Å². The van der Waals surface area contributed by atoms with Gasteiger partial charge in [-0.3, -0.25) is 9.59 Å². The van der Waals surface area contributed by atoms with Crippen LogP contribution in [-0.2, 0) is 9.59 Å². The lowest BCUT2D eigenvalue weighted by Crippen LogP contribution is -2.11. The summed E-state index contributed by atoms with van der Waals surface area (Å²) in [6.07, 6.45) is 0. The summed E-state index contributed by atoms with van der Waals surface area (Å²) in [4.78, 5) is 27.2. The van der Waals surface area contributed by atoms with Gasteiger partial charge in [-0.05, 0) is 12.1 Å². The minimum atomic E-state index is -0.201. The van der Waals surface area contributed by atoms with Crippen LogP contribution in [0, 0.1) is 0 Å². The van der Waals surface area contributed by atoms with Crippen LogP contribution in [0.4, 0.5) is 11.4 Å². The van der Waals surface area contributed by atoms with Gasteiger partial charge in [-0.25, -0.2) is 0 Å². The second-order valence-electron chi connectivity index (χ2n) is 6.26. The number of thiophene rings is 2. The molecule has 0 atom stereocenters. The normalized spacial score (nSPS) is 18.3. The molecule has 0 fully saturated rings. The molecular formula is C20H10N2O2S2. The fourth-order valence-electron chi connectivity index (χ4n) is 3.70. The first-order chi connectivity index (χ1) is 12.7. The predicted molar refractivity (Wildman–Crippen MR) is 108 cm³/mol. The average Bonchev–Trinajstić information content (AvgIpc) is 3.34. The molecule has 0 unspecified atom stereocenters. The van der Waals surface area contributed by atoms with E-state index in [2.05, 4.69) is 10.6 Å². The maximum atomic E-state index is 12.8. The third-order valence-corrected chi connectivity index (χ3v) is 7.20. The Bertz CT molecular complexity index is 1220. The molecule has 0 spiro atoms. The molecule has 4 heterocycles. The molecule has 4 nitrogen and oxygen atoms in total. The largest absolute Gasteiger partial charge is 0.320 e. The molecule has 2 amide bonds. The van der Waals surface area contributed by atoms with Crippen molar-refractivity contribution in [1.82, 2.24) is 0 Å². The van der Waals surface area contributed by atoms with Gasteiger partial charge >= 0.3 is 0 Å². The second kappa shape index (κ2) is 4.81. The monoisotopic (exact) mass is 374 g/mol. The maximum absolute atomic E-state index is 12.8. The highest BCUT2D eigenvalue weighted by Crippen LogP contribution is 2.51. The van der Waals surface area contributed by atoms with Crippen molar-refractivity contribution in [3.63, 3.8) is 0 Å². The Balaban J connectivity index is 1.70. The number of carbonyl (C=O) groups is 2. The first kappa shape index (κ1) is 14.2. The Labute approximate surface area is 155 Å². The van der Waals surface area contributed by atoms with E-state index in [9.17, 15) is 9.59 Å². The Kier molecular flexibility index (Phi) is 2.63. The van der Waals surface area contributed by atoms with E-state index >= 15 is 0 Å². The van der Waals surface area contributed by atoms with E-state index < -0.39 is 0 Å². The molecule has 2 aliphatic rings. The number of amides is 2. The minimum Gasteiger partial charge on any atom is -0.320 e. The molecule has 124 valence electrons. The number of fused-ring (bicyclic) bond motifs is 6. The number of hydrogen-bond donors (Lipinski definition) is 2. The molecule has 2 aromatic heterocycles. The van der Waals surface area contributed by atoms with Crippen LogP contribution in [0.3, 0.4) is 0 Å². The minimum absolute atomic E-state index is 0.201. The van der Waals surface area contributed by atoms with Gasteiger partial charge in [0.15, 0.2) is 0 Å². The van der Waals surface area contributed by atoms with Crippen molar-refractivity contribution in [3.05, 3.63) is 58.3 Å². The zero-order chi connectivity index (χ0) is 17.4. The van der Waals surface area contributed by atoms with Gasteiger partial charge in [0.1, 0.15) is 0 Å². The maximum Gasteiger partial charge on any atom is 0.258 e. The summed E-state index contributed by atoms with van der Waals surface area (Å²) in [6, 6.07) is 15.9. The van der Waals surface area contributed by atoms with Gasteiger partial charge in [0.05, 0.1) is 32.3 Å². The first-order valence-corrected chi connectivity index (χ1v) is 9.76. The molecule has 0 saturated heterocycles. The van der Waals surface area contributed by atoms with Gasteiger partial charge in [-0.2, -0.15) is 0 Å². The highest BCUT2D eigenvalue weighted by Gasteiger charge is 2.38. The summed E-state index contributed by atoms with van der Waals surface area (Å²) in [7, 11) is 0. The molecule has 2 aromatic carbocycles. The average molecular weight is 374 g/mol. The van der Waals surface area contributed by atoms with Crippen LogP contribution in [0.1, 0.15) is 9.75 Å². The SMILES string of the molecule is O=C1Nc2c(sc3ccccc23)C1=C1C(=O)Nc2c1sc1ccccc21. The van der Waals surface area contributed by atoms with Crippen LogP contribution in [0.25, 0.3) is 31.3 Å². The van der Waals surface area contributed by atoms with Gasteiger partial charge in [0.2, 0.25) is 0 Å². The summed E-state index contributed by atoms with van der Waals surface area (Å²) >= 11 is 3.10. The quantitative estimate of drug-likeness (QED) is 0.429. The number of nitrogens with one attached hydrogen (secondary N) is 2. The molecule has 6 heteroatoms. The number of carbonyl (C=O) groups excluding carboxylic acids is 2. The van der Waals surface area contributed by atoms with E-state index in [0.717, 1.165) is 41.3 Å². The third-order valence-electron chi connectivity index (χ3n) is 4.83. The summed E-state index contributed by atoms with van der Waals surface area (Å²) in [5.41, 5.74) is 2.62. The van der Waals surface area contributed by atoms with E-state index in [4.69, 9.17) is 0 Å². The van der Waals surface area contributed by atoms with Crippen molar-refractivity contribution in [2.24, 2.45) is 0 Å². The molecule has 6 rings (SSSR count). The van der Waals surface area contributed by atoms with Crippen LogP contribution in [0.15, 0.2) is 48.5 Å². The van der Waals surface area contributed by atoms with Crippen molar-refractivity contribution >= 4 is 77.2 Å². The fraction of sp³-hybridized carbons (Fsp3) is 0. The zero-order valence-electron chi connectivity index (χ0n) is 13.3. The van der Waals surface area contributed by atoms with E-state index in [1.165, 1.54) is 0 Å². The molecule has 2 aliphatic heterocycles.